The lowest BCUT2D eigenvalue weighted by molar-refractivity contribution is -0.140. The molecule has 0 saturated heterocycles. The fourth-order valence-electron chi connectivity index (χ4n) is 2.17. The van der Waals surface area contributed by atoms with E-state index < -0.39 is 30.7 Å². The smallest absolute Gasteiger partial charge is 0.327 e. The van der Waals surface area contributed by atoms with Gasteiger partial charge in [-0.25, -0.2) is 8.42 Å². The summed E-state index contributed by atoms with van der Waals surface area (Å²) in [4.78, 5) is 11.8. The molecule has 0 aromatic heterocycles. The van der Waals surface area contributed by atoms with Crippen LogP contribution in [0.15, 0.2) is 29.2 Å². The minimum atomic E-state index is -3.83. The molecule has 1 aliphatic carbocycles. The third-order valence-electron chi connectivity index (χ3n) is 3.56. The highest BCUT2D eigenvalue weighted by Gasteiger charge is 2.62. The van der Waals surface area contributed by atoms with E-state index in [0.29, 0.717) is 5.75 Å². The second-order valence-corrected chi connectivity index (χ2v) is 9.24. The molecule has 2 rings (SSSR count). The molecular weight excluding hydrogens is 360 g/mol. The molecule has 1 aromatic carbocycles. The number of rotatable bonds is 8. The average molecular weight is 378 g/mol. The van der Waals surface area contributed by atoms with Gasteiger partial charge in [-0.1, -0.05) is 0 Å². The van der Waals surface area contributed by atoms with Crippen LogP contribution in [0.25, 0.3) is 0 Å². The van der Waals surface area contributed by atoms with Crippen LogP contribution in [0.3, 0.4) is 0 Å². The van der Waals surface area contributed by atoms with Crippen molar-refractivity contribution in [3.63, 3.8) is 0 Å². The highest BCUT2D eigenvalue weighted by Crippen LogP contribution is 2.47. The first kappa shape index (κ1) is 18.7. The standard InChI is InChI=1S/C14H18O8S2/c1-20-13(15)14(7-8-14)24(18,19)12-5-3-11(4-6-12)21-9-10-22-23(2,16)17/h3-6H,7-10H2,1-2H3. The summed E-state index contributed by atoms with van der Waals surface area (Å²) >= 11 is 0. The molecule has 0 amide bonds. The van der Waals surface area contributed by atoms with E-state index in [9.17, 15) is 21.6 Å². The minimum absolute atomic E-state index is 0.00476. The second-order valence-electron chi connectivity index (χ2n) is 5.34. The van der Waals surface area contributed by atoms with Gasteiger partial charge in [0.1, 0.15) is 19.0 Å². The highest BCUT2D eigenvalue weighted by atomic mass is 32.2. The van der Waals surface area contributed by atoms with Crippen molar-refractivity contribution in [3.8, 4) is 5.75 Å². The zero-order valence-corrected chi connectivity index (χ0v) is 14.9. The number of sulfone groups is 1. The Morgan fingerprint density at radius 1 is 1.08 bits per heavy atom. The summed E-state index contributed by atoms with van der Waals surface area (Å²) in [7, 11) is -6.20. The Balaban J connectivity index is 2.03. The number of hydrogen-bond donors (Lipinski definition) is 0. The summed E-state index contributed by atoms with van der Waals surface area (Å²) < 4.78 is 59.6. The zero-order chi connectivity index (χ0) is 18.0. The van der Waals surface area contributed by atoms with Crippen molar-refractivity contribution in [2.75, 3.05) is 26.6 Å². The predicted octanol–water partition coefficient (Wildman–Crippen LogP) is 0.521. The third kappa shape index (κ3) is 3.87. The van der Waals surface area contributed by atoms with Crippen LogP contribution in [0.1, 0.15) is 12.8 Å². The lowest BCUT2D eigenvalue weighted by atomic mass is 10.3. The van der Waals surface area contributed by atoms with Gasteiger partial charge in [-0.05, 0) is 37.1 Å². The molecule has 8 nitrogen and oxygen atoms in total. The van der Waals surface area contributed by atoms with Gasteiger partial charge in [0.25, 0.3) is 10.1 Å². The highest BCUT2D eigenvalue weighted by molar-refractivity contribution is 7.94. The van der Waals surface area contributed by atoms with Gasteiger partial charge >= 0.3 is 5.97 Å². The van der Waals surface area contributed by atoms with Crippen LogP contribution < -0.4 is 4.74 Å². The molecule has 24 heavy (non-hydrogen) atoms. The van der Waals surface area contributed by atoms with E-state index in [1.54, 1.807) is 0 Å². The van der Waals surface area contributed by atoms with Crippen LogP contribution >= 0.6 is 0 Å². The Kier molecular flexibility index (Phi) is 5.21. The minimum Gasteiger partial charge on any atom is -0.491 e. The Bertz CT molecular complexity index is 805. The normalized spacial score (nSPS) is 16.4. The quantitative estimate of drug-likeness (QED) is 0.365. The third-order valence-corrected chi connectivity index (χ3v) is 6.65. The maximum Gasteiger partial charge on any atom is 0.327 e. The molecule has 0 spiro atoms. The van der Waals surface area contributed by atoms with E-state index in [1.807, 2.05) is 0 Å². The first-order chi connectivity index (χ1) is 11.1. The molecule has 0 N–H and O–H groups in total. The molecule has 1 aromatic rings. The van der Waals surface area contributed by atoms with E-state index in [-0.39, 0.29) is 31.0 Å². The Morgan fingerprint density at radius 3 is 2.12 bits per heavy atom. The molecule has 1 saturated carbocycles. The van der Waals surface area contributed by atoms with E-state index >= 15 is 0 Å². The van der Waals surface area contributed by atoms with Crippen LogP contribution in [0.5, 0.6) is 5.75 Å². The SMILES string of the molecule is COC(=O)C1(S(=O)(=O)c2ccc(OCCOS(C)(=O)=O)cc2)CC1. The Hall–Kier alpha value is -1.65. The van der Waals surface area contributed by atoms with Gasteiger partial charge < -0.3 is 9.47 Å². The Labute approximate surface area is 140 Å². The number of ether oxygens (including phenoxy) is 2. The number of hydrogen-bond acceptors (Lipinski definition) is 8. The monoisotopic (exact) mass is 378 g/mol. The van der Waals surface area contributed by atoms with E-state index in [1.165, 1.54) is 24.3 Å². The number of benzene rings is 1. The summed E-state index contributed by atoms with van der Waals surface area (Å²) in [6.45, 7) is -0.157. The summed E-state index contributed by atoms with van der Waals surface area (Å²) in [5.74, 6) is -0.394. The maximum absolute atomic E-state index is 12.6. The Morgan fingerprint density at radius 2 is 1.67 bits per heavy atom. The zero-order valence-electron chi connectivity index (χ0n) is 13.2. The lowest BCUT2D eigenvalue weighted by Crippen LogP contribution is -2.33. The van der Waals surface area contributed by atoms with Crippen LogP contribution in [-0.4, -0.2) is 54.1 Å². The van der Waals surface area contributed by atoms with Gasteiger partial charge in [0.2, 0.25) is 0 Å². The molecule has 1 fully saturated rings. The topological polar surface area (TPSA) is 113 Å². The molecule has 10 heteroatoms. The second kappa shape index (κ2) is 6.69. The van der Waals surface area contributed by atoms with E-state index in [0.717, 1.165) is 13.4 Å². The van der Waals surface area contributed by atoms with Crippen molar-refractivity contribution < 1.29 is 35.3 Å². The fraction of sp³-hybridized carbons (Fsp3) is 0.500. The summed E-state index contributed by atoms with van der Waals surface area (Å²) in [6, 6.07) is 5.54. The molecule has 1 aliphatic rings. The molecular formula is C14H18O8S2. The van der Waals surface area contributed by atoms with E-state index in [2.05, 4.69) is 8.92 Å². The lowest BCUT2D eigenvalue weighted by Gasteiger charge is -2.14. The van der Waals surface area contributed by atoms with Gasteiger partial charge in [-0.3, -0.25) is 8.98 Å². The molecule has 134 valence electrons. The number of carbonyl (C=O) groups excluding carboxylic acids is 1. The fourth-order valence-corrected chi connectivity index (χ4v) is 4.43. The van der Waals surface area contributed by atoms with Gasteiger partial charge in [-0.2, -0.15) is 8.42 Å². The average Bonchev–Trinajstić information content (AvgIpc) is 3.32. The number of esters is 1. The van der Waals surface area contributed by atoms with Crippen LogP contribution in [0, 0.1) is 0 Å². The van der Waals surface area contributed by atoms with Gasteiger partial charge in [0.15, 0.2) is 14.6 Å². The van der Waals surface area contributed by atoms with Gasteiger partial charge in [0.05, 0.1) is 18.3 Å². The van der Waals surface area contributed by atoms with Crippen molar-refractivity contribution in [1.29, 1.82) is 0 Å². The summed E-state index contributed by atoms with van der Waals surface area (Å²) in [5.41, 5.74) is 0. The first-order valence-corrected chi connectivity index (χ1v) is 10.3. The van der Waals surface area contributed by atoms with E-state index in [4.69, 9.17) is 4.74 Å². The number of carbonyl (C=O) groups is 1. The van der Waals surface area contributed by atoms with Crippen molar-refractivity contribution >= 4 is 25.9 Å². The van der Waals surface area contributed by atoms with Gasteiger partial charge in [-0.15, -0.1) is 0 Å². The molecule has 0 bridgehead atoms. The van der Waals surface area contributed by atoms with Crippen molar-refractivity contribution in [2.24, 2.45) is 0 Å². The van der Waals surface area contributed by atoms with Gasteiger partial charge in [0, 0.05) is 0 Å². The molecule has 0 heterocycles. The predicted molar refractivity (Wildman–Crippen MR) is 83.9 cm³/mol. The van der Waals surface area contributed by atoms with Crippen LogP contribution in [-0.2, 0) is 33.7 Å². The molecule has 0 unspecified atom stereocenters. The van der Waals surface area contributed by atoms with Crippen molar-refractivity contribution in [3.05, 3.63) is 24.3 Å². The van der Waals surface area contributed by atoms with Crippen molar-refractivity contribution in [1.82, 2.24) is 0 Å². The summed E-state index contributed by atoms with van der Waals surface area (Å²) in [6.07, 6.45) is 1.41. The first-order valence-electron chi connectivity index (χ1n) is 7.03. The molecule has 0 radical (unpaired) electrons. The largest absolute Gasteiger partial charge is 0.491 e. The summed E-state index contributed by atoms with van der Waals surface area (Å²) in [5, 5.41) is 0. The molecule has 0 atom stereocenters. The molecule has 0 aliphatic heterocycles. The maximum atomic E-state index is 12.6. The van der Waals surface area contributed by atoms with Crippen LogP contribution in [0.4, 0.5) is 0 Å². The van der Waals surface area contributed by atoms with Crippen molar-refractivity contribution in [2.45, 2.75) is 22.5 Å². The van der Waals surface area contributed by atoms with Crippen LogP contribution in [0.2, 0.25) is 0 Å². The number of methoxy groups -OCH3 is 1.